The molecule has 1 saturated heterocycles. The molecule has 2 heterocycles. The van der Waals surface area contributed by atoms with E-state index in [1.165, 1.54) is 0 Å². The summed E-state index contributed by atoms with van der Waals surface area (Å²) in [6.07, 6.45) is 3.84. The molecule has 1 aliphatic carbocycles. The molecule has 0 spiro atoms. The number of piperazine rings is 1. The van der Waals surface area contributed by atoms with Gasteiger partial charge in [-0.15, -0.1) is 0 Å². The van der Waals surface area contributed by atoms with E-state index in [0.29, 0.717) is 25.7 Å². The van der Waals surface area contributed by atoms with Crippen molar-refractivity contribution in [2.45, 2.75) is 58.2 Å². The Kier molecular flexibility index (Phi) is 4.32. The van der Waals surface area contributed by atoms with Gasteiger partial charge in [-0.1, -0.05) is 0 Å². The van der Waals surface area contributed by atoms with E-state index in [1.807, 2.05) is 44.5 Å². The van der Waals surface area contributed by atoms with E-state index < -0.39 is 5.60 Å². The van der Waals surface area contributed by atoms with Gasteiger partial charge in [0, 0.05) is 49.7 Å². The second-order valence-electron chi connectivity index (χ2n) is 7.83. The molecule has 1 atom stereocenters. The first-order valence-corrected chi connectivity index (χ1v) is 8.71. The van der Waals surface area contributed by atoms with E-state index in [0.717, 1.165) is 18.5 Å². The Labute approximate surface area is 143 Å². The summed E-state index contributed by atoms with van der Waals surface area (Å²) in [6.45, 7) is 9.65. The lowest BCUT2D eigenvalue weighted by molar-refractivity contribution is 0.0159. The number of ether oxygens (including phenoxy) is 1. The largest absolute Gasteiger partial charge is 0.444 e. The van der Waals surface area contributed by atoms with Gasteiger partial charge in [-0.2, -0.15) is 0 Å². The number of hydrogen-bond donors (Lipinski definition) is 0. The molecular weight excluding hydrogens is 306 g/mol. The number of pyridine rings is 1. The number of carbonyl (C=O) groups is 1. The summed E-state index contributed by atoms with van der Waals surface area (Å²) in [6, 6.07) is 4.16. The van der Waals surface area contributed by atoms with Crippen LogP contribution < -0.4 is 10.5 Å². The summed E-state index contributed by atoms with van der Waals surface area (Å²) >= 11 is 0. The van der Waals surface area contributed by atoms with E-state index in [4.69, 9.17) is 4.74 Å². The lowest BCUT2D eigenvalue weighted by Crippen LogP contribution is -2.55. The number of anilines is 1. The number of hydrogen-bond acceptors (Lipinski definition) is 4. The van der Waals surface area contributed by atoms with Crippen LogP contribution in [-0.2, 0) is 4.74 Å². The van der Waals surface area contributed by atoms with Crippen LogP contribution in [0.2, 0.25) is 0 Å². The molecule has 0 radical (unpaired) electrons. The van der Waals surface area contributed by atoms with E-state index in [1.54, 1.807) is 11.0 Å². The van der Waals surface area contributed by atoms with Crippen LogP contribution >= 0.6 is 0 Å². The van der Waals surface area contributed by atoms with Crippen LogP contribution in [0.1, 0.15) is 46.6 Å². The Morgan fingerprint density at radius 3 is 2.50 bits per heavy atom. The minimum Gasteiger partial charge on any atom is -0.444 e. The van der Waals surface area contributed by atoms with Crippen LogP contribution in [0.15, 0.2) is 23.1 Å². The van der Waals surface area contributed by atoms with Gasteiger partial charge in [-0.3, -0.25) is 4.79 Å². The second-order valence-corrected chi connectivity index (χ2v) is 7.83. The maximum absolute atomic E-state index is 12.3. The average molecular weight is 333 g/mol. The Morgan fingerprint density at radius 1 is 1.25 bits per heavy atom. The van der Waals surface area contributed by atoms with Crippen LogP contribution in [0.5, 0.6) is 0 Å². The predicted octanol–water partition coefficient (Wildman–Crippen LogP) is 2.63. The molecule has 24 heavy (non-hydrogen) atoms. The van der Waals surface area contributed by atoms with Gasteiger partial charge in [0.05, 0.1) is 0 Å². The standard InChI is InChI=1S/C18H27N3O3/c1-13-12-19(9-10-20(13)17(23)24-18(2,3)4)15-7-8-21(14-5-6-14)16(22)11-15/h7-8,11,13-14H,5-6,9-10,12H2,1-4H3/t13-/m1/s1. The first-order valence-electron chi connectivity index (χ1n) is 8.71. The molecule has 1 aromatic rings. The molecule has 2 aliphatic rings. The molecule has 1 amide bonds. The normalized spacial score (nSPS) is 21.8. The highest BCUT2D eigenvalue weighted by molar-refractivity contribution is 5.69. The minimum atomic E-state index is -0.485. The number of carbonyl (C=O) groups excluding carboxylic acids is 1. The van der Waals surface area contributed by atoms with E-state index >= 15 is 0 Å². The summed E-state index contributed by atoms with van der Waals surface area (Å²) in [5.74, 6) is 0. The monoisotopic (exact) mass is 333 g/mol. The molecule has 6 heteroatoms. The fourth-order valence-electron chi connectivity index (χ4n) is 3.11. The van der Waals surface area contributed by atoms with Crippen LogP contribution in [0, 0.1) is 0 Å². The average Bonchev–Trinajstić information content (AvgIpc) is 3.29. The smallest absolute Gasteiger partial charge is 0.410 e. The Balaban J connectivity index is 1.66. The summed E-state index contributed by atoms with van der Waals surface area (Å²) in [5, 5.41) is 0. The molecule has 1 aromatic heterocycles. The molecule has 2 fully saturated rings. The third kappa shape index (κ3) is 3.74. The van der Waals surface area contributed by atoms with E-state index in [9.17, 15) is 9.59 Å². The molecule has 0 aromatic carbocycles. The Bertz CT molecular complexity index is 673. The van der Waals surface area contributed by atoms with Crippen molar-refractivity contribution >= 4 is 11.8 Å². The fraction of sp³-hybridized carbons (Fsp3) is 0.667. The highest BCUT2D eigenvalue weighted by Gasteiger charge is 2.31. The molecular formula is C18H27N3O3. The summed E-state index contributed by atoms with van der Waals surface area (Å²) in [7, 11) is 0. The van der Waals surface area contributed by atoms with Crippen molar-refractivity contribution in [1.82, 2.24) is 9.47 Å². The van der Waals surface area contributed by atoms with Crippen LogP contribution in [0.25, 0.3) is 0 Å². The summed E-state index contributed by atoms with van der Waals surface area (Å²) in [5.41, 5.74) is 0.520. The molecule has 3 rings (SSSR count). The summed E-state index contributed by atoms with van der Waals surface area (Å²) < 4.78 is 7.30. The number of nitrogens with zero attached hydrogens (tertiary/aromatic N) is 3. The van der Waals surface area contributed by atoms with Gasteiger partial charge in [-0.25, -0.2) is 4.79 Å². The van der Waals surface area contributed by atoms with Crippen LogP contribution in [0.4, 0.5) is 10.5 Å². The minimum absolute atomic E-state index is 0.0412. The maximum Gasteiger partial charge on any atom is 0.410 e. The molecule has 0 bridgehead atoms. The number of aromatic nitrogens is 1. The predicted molar refractivity (Wildman–Crippen MR) is 93.6 cm³/mol. The number of rotatable bonds is 2. The van der Waals surface area contributed by atoms with Gasteiger partial charge in [0.25, 0.3) is 5.56 Å². The topological polar surface area (TPSA) is 54.8 Å². The van der Waals surface area contributed by atoms with Gasteiger partial charge < -0.3 is 19.1 Å². The zero-order valence-corrected chi connectivity index (χ0v) is 15.0. The lowest BCUT2D eigenvalue weighted by atomic mass is 10.1. The van der Waals surface area contributed by atoms with Crippen molar-refractivity contribution in [3.05, 3.63) is 28.7 Å². The van der Waals surface area contributed by atoms with Crippen molar-refractivity contribution in [3.63, 3.8) is 0 Å². The molecule has 1 aliphatic heterocycles. The fourth-order valence-corrected chi connectivity index (χ4v) is 3.11. The highest BCUT2D eigenvalue weighted by Crippen LogP contribution is 2.33. The van der Waals surface area contributed by atoms with Gasteiger partial charge >= 0.3 is 6.09 Å². The molecule has 132 valence electrons. The molecule has 6 nitrogen and oxygen atoms in total. The Morgan fingerprint density at radius 2 is 1.96 bits per heavy atom. The van der Waals surface area contributed by atoms with Crippen molar-refractivity contribution < 1.29 is 9.53 Å². The van der Waals surface area contributed by atoms with Crippen molar-refractivity contribution in [2.75, 3.05) is 24.5 Å². The van der Waals surface area contributed by atoms with Crippen molar-refractivity contribution in [2.24, 2.45) is 0 Å². The molecule has 0 unspecified atom stereocenters. The molecule has 1 saturated carbocycles. The number of amides is 1. The lowest BCUT2D eigenvalue weighted by Gasteiger charge is -2.41. The summed E-state index contributed by atoms with van der Waals surface area (Å²) in [4.78, 5) is 28.4. The van der Waals surface area contributed by atoms with Gasteiger partial charge in [0.2, 0.25) is 0 Å². The molecule has 0 N–H and O–H groups in total. The van der Waals surface area contributed by atoms with E-state index in [-0.39, 0.29) is 17.7 Å². The van der Waals surface area contributed by atoms with Gasteiger partial charge in [0.1, 0.15) is 5.60 Å². The SMILES string of the molecule is C[C@@H]1CN(c2ccn(C3CC3)c(=O)c2)CCN1C(=O)OC(C)(C)C. The van der Waals surface area contributed by atoms with Crippen molar-refractivity contribution in [1.29, 1.82) is 0 Å². The van der Waals surface area contributed by atoms with Crippen LogP contribution in [0.3, 0.4) is 0 Å². The first kappa shape index (κ1) is 16.9. The zero-order valence-electron chi connectivity index (χ0n) is 15.0. The van der Waals surface area contributed by atoms with Gasteiger partial charge in [-0.05, 0) is 46.6 Å². The highest BCUT2D eigenvalue weighted by atomic mass is 16.6. The van der Waals surface area contributed by atoms with E-state index in [2.05, 4.69) is 4.90 Å². The Hall–Kier alpha value is -1.98. The zero-order chi connectivity index (χ0) is 17.5. The third-order valence-electron chi connectivity index (χ3n) is 4.49. The third-order valence-corrected chi connectivity index (χ3v) is 4.49. The van der Waals surface area contributed by atoms with Gasteiger partial charge in [0.15, 0.2) is 0 Å². The van der Waals surface area contributed by atoms with Crippen molar-refractivity contribution in [3.8, 4) is 0 Å². The second kappa shape index (κ2) is 6.15. The van der Waals surface area contributed by atoms with Crippen LogP contribution in [-0.4, -0.2) is 46.8 Å². The first-order chi connectivity index (χ1) is 11.2. The maximum atomic E-state index is 12.3. The quantitative estimate of drug-likeness (QED) is 0.835.